The number of nitrogens with one attached hydrogen (secondary N) is 1. The lowest BCUT2D eigenvalue weighted by atomic mass is 9.95. The van der Waals surface area contributed by atoms with Crippen molar-refractivity contribution >= 4 is 5.91 Å². The van der Waals surface area contributed by atoms with Gasteiger partial charge in [-0.05, 0) is 39.1 Å². The number of ether oxygens (including phenoxy) is 3. The lowest BCUT2D eigenvalue weighted by Crippen LogP contribution is -2.65. The maximum Gasteiger partial charge on any atom is 0.251 e. The number of amides is 1. The average molecular weight is 366 g/mol. The van der Waals surface area contributed by atoms with Gasteiger partial charge in [0.15, 0.2) is 0 Å². The number of benzene rings is 1. The third-order valence-electron chi connectivity index (χ3n) is 5.02. The summed E-state index contributed by atoms with van der Waals surface area (Å²) in [5.41, 5.74) is 0.736. The van der Waals surface area contributed by atoms with Crippen molar-refractivity contribution in [3.8, 4) is 5.75 Å². The minimum Gasteiger partial charge on any atom is -0.496 e. The molecule has 146 valence electrons. The van der Waals surface area contributed by atoms with E-state index in [0.29, 0.717) is 44.3 Å². The van der Waals surface area contributed by atoms with Crippen LogP contribution < -0.4 is 10.1 Å². The van der Waals surface area contributed by atoms with Gasteiger partial charge < -0.3 is 24.6 Å². The summed E-state index contributed by atoms with van der Waals surface area (Å²) >= 11 is 0. The molecule has 1 saturated heterocycles. The Morgan fingerprint density at radius 3 is 2.92 bits per heavy atom. The molecule has 1 aliphatic rings. The normalized spacial score (nSPS) is 23.7. The zero-order valence-electron chi connectivity index (χ0n) is 16.1. The fraction of sp³-hybridized carbons (Fsp3) is 0.632. The zero-order chi connectivity index (χ0) is 19.2. The van der Waals surface area contributed by atoms with Crippen LogP contribution in [0.5, 0.6) is 5.75 Å². The minimum atomic E-state index is -0.617. The summed E-state index contributed by atoms with van der Waals surface area (Å²) in [7, 11) is 3.54. The van der Waals surface area contributed by atoms with Crippen LogP contribution in [0.3, 0.4) is 0 Å². The number of aliphatic hydroxyl groups is 1. The van der Waals surface area contributed by atoms with Crippen LogP contribution in [0.25, 0.3) is 0 Å². The SMILES string of the molecule is CCOCc1cc(C(=O)NC[C@]2(CO)COC[C@@H](C)N2C)ccc1OC. The van der Waals surface area contributed by atoms with Crippen LogP contribution in [0.4, 0.5) is 0 Å². The number of aliphatic hydroxyl groups excluding tert-OH is 1. The Balaban J connectivity index is 2.09. The highest BCUT2D eigenvalue weighted by Crippen LogP contribution is 2.23. The molecule has 0 radical (unpaired) electrons. The molecule has 7 nitrogen and oxygen atoms in total. The van der Waals surface area contributed by atoms with Gasteiger partial charge in [0.1, 0.15) is 5.75 Å². The van der Waals surface area contributed by atoms with E-state index in [-0.39, 0.29) is 18.6 Å². The van der Waals surface area contributed by atoms with Crippen molar-refractivity contribution < 1.29 is 24.1 Å². The summed E-state index contributed by atoms with van der Waals surface area (Å²) in [6.45, 7) is 6.13. The zero-order valence-corrected chi connectivity index (χ0v) is 16.1. The second-order valence-corrected chi connectivity index (χ2v) is 6.70. The van der Waals surface area contributed by atoms with Crippen LogP contribution in [0.1, 0.15) is 29.8 Å². The van der Waals surface area contributed by atoms with Crippen molar-refractivity contribution in [3.63, 3.8) is 0 Å². The molecule has 0 aromatic heterocycles. The molecule has 1 aromatic rings. The van der Waals surface area contributed by atoms with E-state index in [1.807, 2.05) is 20.9 Å². The molecule has 1 fully saturated rings. The molecular weight excluding hydrogens is 336 g/mol. The Labute approximate surface area is 155 Å². The lowest BCUT2D eigenvalue weighted by Gasteiger charge is -2.47. The van der Waals surface area contributed by atoms with Gasteiger partial charge in [-0.15, -0.1) is 0 Å². The van der Waals surface area contributed by atoms with Crippen LogP contribution >= 0.6 is 0 Å². The minimum absolute atomic E-state index is 0.0909. The quantitative estimate of drug-likeness (QED) is 0.716. The van der Waals surface area contributed by atoms with Crippen molar-refractivity contribution in [1.29, 1.82) is 0 Å². The fourth-order valence-electron chi connectivity index (χ4n) is 3.08. The van der Waals surface area contributed by atoms with Crippen molar-refractivity contribution in [2.45, 2.75) is 32.0 Å². The molecule has 2 atom stereocenters. The van der Waals surface area contributed by atoms with Gasteiger partial charge in [0.05, 0.1) is 39.1 Å². The van der Waals surface area contributed by atoms with Crippen molar-refractivity contribution in [2.24, 2.45) is 0 Å². The van der Waals surface area contributed by atoms with Crippen molar-refractivity contribution in [3.05, 3.63) is 29.3 Å². The first kappa shape index (κ1) is 20.6. The van der Waals surface area contributed by atoms with Crippen LogP contribution in [-0.4, -0.2) is 74.6 Å². The molecule has 1 amide bonds. The van der Waals surface area contributed by atoms with Gasteiger partial charge in [-0.3, -0.25) is 9.69 Å². The summed E-state index contributed by atoms with van der Waals surface area (Å²) < 4.78 is 16.4. The van der Waals surface area contributed by atoms with Crippen LogP contribution in [-0.2, 0) is 16.1 Å². The molecule has 2 N–H and O–H groups in total. The van der Waals surface area contributed by atoms with Crippen LogP contribution in [0, 0.1) is 0 Å². The lowest BCUT2D eigenvalue weighted by molar-refractivity contribution is -0.105. The molecule has 1 heterocycles. The smallest absolute Gasteiger partial charge is 0.251 e. The Morgan fingerprint density at radius 1 is 1.50 bits per heavy atom. The second-order valence-electron chi connectivity index (χ2n) is 6.70. The summed E-state index contributed by atoms with van der Waals surface area (Å²) in [5, 5.41) is 12.8. The van der Waals surface area contributed by atoms with Gasteiger partial charge in [-0.25, -0.2) is 0 Å². The molecule has 0 spiro atoms. The van der Waals surface area contributed by atoms with E-state index in [2.05, 4.69) is 10.2 Å². The maximum absolute atomic E-state index is 12.6. The predicted octanol–water partition coefficient (Wildman–Crippen LogP) is 1.04. The van der Waals surface area contributed by atoms with E-state index < -0.39 is 5.54 Å². The second kappa shape index (κ2) is 9.32. The van der Waals surface area contributed by atoms with Crippen LogP contribution in [0.15, 0.2) is 18.2 Å². The van der Waals surface area contributed by atoms with Gasteiger partial charge in [-0.2, -0.15) is 0 Å². The average Bonchev–Trinajstić information content (AvgIpc) is 2.67. The summed E-state index contributed by atoms with van der Waals surface area (Å²) in [6, 6.07) is 5.44. The third kappa shape index (κ3) is 4.54. The first-order valence-electron chi connectivity index (χ1n) is 8.91. The van der Waals surface area contributed by atoms with Crippen LogP contribution in [0.2, 0.25) is 0 Å². The maximum atomic E-state index is 12.6. The number of hydrogen-bond acceptors (Lipinski definition) is 6. The van der Waals surface area contributed by atoms with E-state index in [1.54, 1.807) is 25.3 Å². The van der Waals surface area contributed by atoms with Gasteiger partial charge in [-0.1, -0.05) is 0 Å². The number of likely N-dealkylation sites (N-methyl/N-ethyl adjacent to an activating group) is 1. The Kier molecular flexibility index (Phi) is 7.40. The molecule has 7 heteroatoms. The standard InChI is InChI=1S/C19H30N2O5/c1-5-25-10-16-8-15(6-7-17(16)24-4)18(23)20-11-19(12-22)13-26-9-14(2)21(19)3/h6-8,14,22H,5,9-13H2,1-4H3,(H,20,23)/t14-,19+/m1/s1. The third-order valence-corrected chi connectivity index (χ3v) is 5.02. The molecule has 0 saturated carbocycles. The van der Waals surface area contributed by atoms with Crippen molar-refractivity contribution in [1.82, 2.24) is 10.2 Å². The predicted molar refractivity (Wildman–Crippen MR) is 98.5 cm³/mol. The number of morpholine rings is 1. The molecule has 26 heavy (non-hydrogen) atoms. The van der Waals surface area contributed by atoms with Gasteiger partial charge in [0.2, 0.25) is 0 Å². The van der Waals surface area contributed by atoms with Gasteiger partial charge in [0.25, 0.3) is 5.91 Å². The topological polar surface area (TPSA) is 80.3 Å². The van der Waals surface area contributed by atoms with Gasteiger partial charge in [0, 0.05) is 30.3 Å². The molecule has 1 aromatic carbocycles. The highest BCUT2D eigenvalue weighted by atomic mass is 16.5. The van der Waals surface area contributed by atoms with Gasteiger partial charge >= 0.3 is 0 Å². The largest absolute Gasteiger partial charge is 0.496 e. The number of nitrogens with zero attached hydrogens (tertiary/aromatic N) is 1. The summed E-state index contributed by atoms with van der Waals surface area (Å²) in [4.78, 5) is 14.7. The number of hydrogen-bond donors (Lipinski definition) is 2. The summed E-state index contributed by atoms with van der Waals surface area (Å²) in [6.07, 6.45) is 0. The highest BCUT2D eigenvalue weighted by molar-refractivity contribution is 5.94. The Bertz CT molecular complexity index is 610. The summed E-state index contributed by atoms with van der Waals surface area (Å²) in [5.74, 6) is 0.487. The monoisotopic (exact) mass is 366 g/mol. The molecule has 0 unspecified atom stereocenters. The number of rotatable bonds is 8. The van der Waals surface area contributed by atoms with Crippen molar-refractivity contribution in [2.75, 3.05) is 47.1 Å². The highest BCUT2D eigenvalue weighted by Gasteiger charge is 2.40. The number of carbonyl (C=O) groups is 1. The first-order chi connectivity index (χ1) is 12.5. The number of methoxy groups -OCH3 is 1. The molecule has 2 rings (SSSR count). The fourth-order valence-corrected chi connectivity index (χ4v) is 3.08. The molecule has 0 bridgehead atoms. The first-order valence-corrected chi connectivity index (χ1v) is 8.91. The number of carbonyl (C=O) groups excluding carboxylic acids is 1. The van der Waals surface area contributed by atoms with E-state index in [4.69, 9.17) is 14.2 Å². The molecule has 0 aliphatic carbocycles. The van der Waals surface area contributed by atoms with E-state index in [1.165, 1.54) is 0 Å². The Hall–Kier alpha value is -1.67. The van der Waals surface area contributed by atoms with E-state index in [0.717, 1.165) is 5.56 Å². The molecular formula is C19H30N2O5. The molecule has 1 aliphatic heterocycles. The Morgan fingerprint density at radius 2 is 2.27 bits per heavy atom. The van der Waals surface area contributed by atoms with E-state index in [9.17, 15) is 9.90 Å². The van der Waals surface area contributed by atoms with E-state index >= 15 is 0 Å².